The molecule has 0 saturated heterocycles. The molecule has 1 aliphatic carbocycles. The van der Waals surface area contributed by atoms with Gasteiger partial charge in [-0.05, 0) is 31.2 Å². The minimum Gasteiger partial charge on any atom is -0.487 e. The summed E-state index contributed by atoms with van der Waals surface area (Å²) in [6.07, 6.45) is 4.35. The molecule has 1 aliphatic rings. The van der Waals surface area contributed by atoms with Gasteiger partial charge in [-0.3, -0.25) is 15.9 Å². The van der Waals surface area contributed by atoms with Crippen LogP contribution in [0.4, 0.5) is 11.4 Å². The largest absolute Gasteiger partial charge is 0.487 e. The fourth-order valence-electron chi connectivity index (χ4n) is 2.36. The molecule has 0 bridgehead atoms. The average Bonchev–Trinajstić information content (AvgIpc) is 2.67. The topological polar surface area (TPSA) is 140 Å². The van der Waals surface area contributed by atoms with E-state index in [1.807, 2.05) is 5.48 Å². The summed E-state index contributed by atoms with van der Waals surface area (Å²) in [6.45, 7) is 0.277. The molecule has 26 heavy (non-hydrogen) atoms. The zero-order valence-corrected chi connectivity index (χ0v) is 14.2. The quantitative estimate of drug-likeness (QED) is 0.124. The number of nitrogens with two attached hydrogens (primary N) is 1. The lowest BCUT2D eigenvalue weighted by molar-refractivity contribution is -0.712. The van der Waals surface area contributed by atoms with Crippen LogP contribution in [0.25, 0.3) is 0 Å². The lowest BCUT2D eigenvalue weighted by atomic mass is 10.1. The highest BCUT2D eigenvalue weighted by atomic mass is 16.6. The van der Waals surface area contributed by atoms with Gasteiger partial charge < -0.3 is 25.4 Å². The molecule has 1 atom stereocenters. The number of hydrogen-bond acceptors (Lipinski definition) is 8. The highest BCUT2D eigenvalue weighted by molar-refractivity contribution is 5.94. The highest BCUT2D eigenvalue weighted by Gasteiger charge is 2.27. The third kappa shape index (κ3) is 4.96. The maximum Gasteiger partial charge on any atom is 0.324 e. The van der Waals surface area contributed by atoms with Crippen molar-refractivity contribution in [1.29, 1.82) is 0 Å². The number of aliphatic hydroxyl groups is 2. The normalized spacial score (nSPS) is 16.7. The number of para-hydroxylation sites is 1. The molecule has 1 aromatic carbocycles. The van der Waals surface area contributed by atoms with E-state index >= 15 is 0 Å². The number of nitrogens with one attached hydrogen (secondary N) is 1. The maximum absolute atomic E-state index is 10.7. The molecule has 0 aliphatic heterocycles. The van der Waals surface area contributed by atoms with Crippen molar-refractivity contribution in [3.05, 3.63) is 42.2 Å². The number of benzene rings is 1. The molecule has 0 amide bonds. The van der Waals surface area contributed by atoms with Crippen molar-refractivity contribution in [2.45, 2.75) is 19.1 Å². The predicted molar refractivity (Wildman–Crippen MR) is 93.7 cm³/mol. The predicted octanol–water partition coefficient (Wildman–Crippen LogP) is 0.861. The second-order valence-electron chi connectivity index (χ2n) is 5.48. The summed E-state index contributed by atoms with van der Waals surface area (Å²) in [6, 6.07) is 4.90. The SMILES string of the molecule is NCCCOc1cccc(NO)c1/[N+](O)=C1/C=CC=C(OC(O)CO)C1. The Morgan fingerprint density at radius 2 is 2.15 bits per heavy atom. The minimum atomic E-state index is -1.34. The molecule has 0 fully saturated rings. The standard InChI is InChI=1S/C17H24N3O6/c18-8-3-9-25-15-7-2-6-14(19-23)17(15)20(24)12-4-1-5-13(10-12)26-16(22)11-21/h1-2,4-7,16,19,21-24H,3,8-11,18H2/q+1/b20-12+. The summed E-state index contributed by atoms with van der Waals surface area (Å²) in [4.78, 5) is 0. The Morgan fingerprint density at radius 1 is 1.35 bits per heavy atom. The molecule has 9 heteroatoms. The van der Waals surface area contributed by atoms with Crippen LogP contribution in [-0.2, 0) is 4.74 Å². The van der Waals surface area contributed by atoms with Crippen LogP contribution in [0.5, 0.6) is 5.75 Å². The van der Waals surface area contributed by atoms with E-state index in [0.29, 0.717) is 36.8 Å². The number of ether oxygens (including phenoxy) is 2. The van der Waals surface area contributed by atoms with Crippen LogP contribution in [0.1, 0.15) is 12.8 Å². The van der Waals surface area contributed by atoms with Gasteiger partial charge in [-0.2, -0.15) is 0 Å². The Morgan fingerprint density at radius 3 is 2.85 bits per heavy atom. The van der Waals surface area contributed by atoms with Crippen molar-refractivity contribution in [3.63, 3.8) is 0 Å². The number of hydrogen-bond donors (Lipinski definition) is 6. The summed E-state index contributed by atoms with van der Waals surface area (Å²) in [5, 5.41) is 38.4. The lowest BCUT2D eigenvalue weighted by Gasteiger charge is -2.15. The maximum atomic E-state index is 10.7. The first-order valence-electron chi connectivity index (χ1n) is 8.14. The van der Waals surface area contributed by atoms with Gasteiger partial charge in [0, 0.05) is 10.8 Å². The average molecular weight is 366 g/mol. The van der Waals surface area contributed by atoms with Crippen LogP contribution in [0.15, 0.2) is 42.2 Å². The van der Waals surface area contributed by atoms with Gasteiger partial charge in [0.05, 0.1) is 13.0 Å². The molecule has 2 rings (SSSR count). The van der Waals surface area contributed by atoms with Crippen LogP contribution in [-0.4, -0.2) is 57.1 Å². The Bertz CT molecular complexity index is 702. The van der Waals surface area contributed by atoms with Crippen molar-refractivity contribution in [2.24, 2.45) is 5.73 Å². The number of aliphatic hydroxyl groups excluding tert-OH is 2. The highest BCUT2D eigenvalue weighted by Crippen LogP contribution is 2.35. The van der Waals surface area contributed by atoms with E-state index in [4.69, 9.17) is 20.3 Å². The van der Waals surface area contributed by atoms with Gasteiger partial charge in [0.1, 0.15) is 18.1 Å². The van der Waals surface area contributed by atoms with Crippen LogP contribution in [0.2, 0.25) is 0 Å². The van der Waals surface area contributed by atoms with E-state index in [0.717, 1.165) is 4.74 Å². The fourth-order valence-corrected chi connectivity index (χ4v) is 2.36. The third-order valence-corrected chi connectivity index (χ3v) is 3.58. The van der Waals surface area contributed by atoms with Crippen LogP contribution in [0, 0.1) is 0 Å². The van der Waals surface area contributed by atoms with Crippen molar-refractivity contribution < 1.29 is 34.8 Å². The summed E-state index contributed by atoms with van der Waals surface area (Å²) < 4.78 is 11.7. The van der Waals surface area contributed by atoms with Gasteiger partial charge in [-0.25, -0.2) is 0 Å². The van der Waals surface area contributed by atoms with E-state index in [1.54, 1.807) is 36.4 Å². The van der Waals surface area contributed by atoms with Gasteiger partial charge in [-0.15, -0.1) is 0 Å². The van der Waals surface area contributed by atoms with Crippen molar-refractivity contribution in [3.8, 4) is 5.75 Å². The van der Waals surface area contributed by atoms with Gasteiger partial charge in [-0.1, -0.05) is 12.1 Å². The fraction of sp³-hybridized carbons (Fsp3) is 0.353. The van der Waals surface area contributed by atoms with E-state index in [9.17, 15) is 15.5 Å². The molecule has 0 heterocycles. The molecule has 142 valence electrons. The van der Waals surface area contributed by atoms with Crippen molar-refractivity contribution >= 4 is 17.1 Å². The Hall–Kier alpha value is -2.59. The molecule has 0 saturated carbocycles. The molecule has 7 N–H and O–H groups in total. The lowest BCUT2D eigenvalue weighted by Crippen LogP contribution is -2.21. The number of nitrogens with zero attached hydrogens (tertiary/aromatic N) is 1. The summed E-state index contributed by atoms with van der Waals surface area (Å²) in [7, 11) is 0. The smallest absolute Gasteiger partial charge is 0.324 e. The molecule has 1 aromatic rings. The molecule has 0 spiro atoms. The second kappa shape index (κ2) is 9.78. The number of rotatable bonds is 9. The van der Waals surface area contributed by atoms with Crippen molar-refractivity contribution in [2.75, 3.05) is 25.2 Å². The van der Waals surface area contributed by atoms with Crippen LogP contribution < -0.4 is 16.0 Å². The van der Waals surface area contributed by atoms with E-state index in [1.165, 1.54) is 0 Å². The number of anilines is 1. The molecule has 9 nitrogen and oxygen atoms in total. The second-order valence-corrected chi connectivity index (χ2v) is 5.48. The molecular weight excluding hydrogens is 342 g/mol. The summed E-state index contributed by atoms with van der Waals surface area (Å²) in [5.41, 5.74) is 8.38. The Labute approximate surface area is 150 Å². The first-order chi connectivity index (χ1) is 12.6. The molecule has 1 unspecified atom stereocenters. The zero-order chi connectivity index (χ0) is 18.9. The minimum absolute atomic E-state index is 0.159. The third-order valence-electron chi connectivity index (χ3n) is 3.58. The van der Waals surface area contributed by atoms with E-state index < -0.39 is 12.9 Å². The summed E-state index contributed by atoms with van der Waals surface area (Å²) >= 11 is 0. The van der Waals surface area contributed by atoms with E-state index in [2.05, 4.69) is 0 Å². The zero-order valence-electron chi connectivity index (χ0n) is 14.2. The summed E-state index contributed by atoms with van der Waals surface area (Å²) in [5.74, 6) is 0.719. The van der Waals surface area contributed by atoms with Gasteiger partial charge >= 0.3 is 5.69 Å². The Balaban J connectivity index is 2.32. The van der Waals surface area contributed by atoms with Crippen LogP contribution in [0.3, 0.4) is 0 Å². The van der Waals surface area contributed by atoms with Gasteiger partial charge in [0.15, 0.2) is 5.75 Å². The molecule has 0 aromatic heterocycles. The van der Waals surface area contributed by atoms with Crippen molar-refractivity contribution in [1.82, 2.24) is 0 Å². The first-order valence-corrected chi connectivity index (χ1v) is 8.14. The first kappa shape index (κ1) is 19.7. The van der Waals surface area contributed by atoms with Crippen LogP contribution >= 0.6 is 0 Å². The van der Waals surface area contributed by atoms with Gasteiger partial charge in [0.25, 0.3) is 0 Å². The Kier molecular flexibility index (Phi) is 7.42. The molecular formula is C17H24N3O6+. The van der Waals surface area contributed by atoms with E-state index in [-0.39, 0.29) is 17.8 Å². The monoisotopic (exact) mass is 366 g/mol. The molecule has 0 radical (unpaired) electrons. The number of allylic oxidation sites excluding steroid dienone is 4. The van der Waals surface area contributed by atoms with Gasteiger partial charge in [0.2, 0.25) is 12.0 Å².